The van der Waals surface area contributed by atoms with Gasteiger partial charge in [-0.05, 0) is 37.7 Å². The number of amides is 1. The zero-order chi connectivity index (χ0) is 16.7. The molecule has 3 heterocycles. The fraction of sp³-hybridized carbons (Fsp3) is 0.667. The van der Waals surface area contributed by atoms with Gasteiger partial charge in [-0.3, -0.25) is 14.5 Å². The standard InChI is InChI=1S/C18H25N3O3/c1-2-15-14(5-6-17(22)20-15)18(23)19-12-7-13-10-24-16(11-3-4-11)9-21(13)8-12/h5-6,11-13,16H,2-4,7-10H2,1H3,(H,19,23)(H,20,22)/t12-,13+,16-/m1/s1. The summed E-state index contributed by atoms with van der Waals surface area (Å²) in [5, 5.41) is 3.15. The molecule has 3 aliphatic rings. The van der Waals surface area contributed by atoms with Crippen molar-refractivity contribution < 1.29 is 9.53 Å². The lowest BCUT2D eigenvalue weighted by atomic mass is 10.1. The van der Waals surface area contributed by atoms with Crippen molar-refractivity contribution >= 4 is 5.91 Å². The number of rotatable bonds is 4. The topological polar surface area (TPSA) is 74.4 Å². The fourth-order valence-electron chi connectivity index (χ4n) is 4.03. The summed E-state index contributed by atoms with van der Waals surface area (Å²) in [4.78, 5) is 29.3. The molecule has 1 aromatic heterocycles. The summed E-state index contributed by atoms with van der Waals surface area (Å²) < 4.78 is 6.01. The highest BCUT2D eigenvalue weighted by Gasteiger charge is 2.42. The summed E-state index contributed by atoms with van der Waals surface area (Å²) in [5.74, 6) is 0.667. The van der Waals surface area contributed by atoms with Crippen LogP contribution in [0.5, 0.6) is 0 Å². The van der Waals surface area contributed by atoms with Crippen molar-refractivity contribution in [2.45, 2.75) is 50.8 Å². The Balaban J connectivity index is 1.39. The zero-order valence-electron chi connectivity index (χ0n) is 14.1. The second-order valence-electron chi connectivity index (χ2n) is 7.29. The minimum atomic E-state index is -0.162. The molecule has 0 unspecified atom stereocenters. The summed E-state index contributed by atoms with van der Waals surface area (Å²) in [5.41, 5.74) is 1.12. The number of H-pyrrole nitrogens is 1. The van der Waals surface area contributed by atoms with Crippen LogP contribution < -0.4 is 10.9 Å². The molecule has 1 aliphatic carbocycles. The van der Waals surface area contributed by atoms with Gasteiger partial charge in [-0.15, -0.1) is 0 Å². The van der Waals surface area contributed by atoms with Gasteiger partial charge in [0.2, 0.25) is 5.56 Å². The van der Waals surface area contributed by atoms with Gasteiger partial charge in [-0.1, -0.05) is 6.92 Å². The molecule has 3 atom stereocenters. The first-order valence-corrected chi connectivity index (χ1v) is 9.02. The van der Waals surface area contributed by atoms with E-state index >= 15 is 0 Å². The Morgan fingerprint density at radius 3 is 2.96 bits per heavy atom. The van der Waals surface area contributed by atoms with Gasteiger partial charge in [0.15, 0.2) is 0 Å². The van der Waals surface area contributed by atoms with E-state index in [9.17, 15) is 9.59 Å². The highest BCUT2D eigenvalue weighted by molar-refractivity contribution is 5.95. The van der Waals surface area contributed by atoms with Crippen LogP contribution in [0.15, 0.2) is 16.9 Å². The Morgan fingerprint density at radius 1 is 1.38 bits per heavy atom. The van der Waals surface area contributed by atoms with Gasteiger partial charge in [0, 0.05) is 36.9 Å². The number of pyridine rings is 1. The van der Waals surface area contributed by atoms with E-state index in [1.54, 1.807) is 6.07 Å². The van der Waals surface area contributed by atoms with Gasteiger partial charge < -0.3 is 15.0 Å². The van der Waals surface area contributed by atoms with Crippen LogP contribution in [0.4, 0.5) is 0 Å². The molecular formula is C18H25N3O3. The van der Waals surface area contributed by atoms with E-state index in [4.69, 9.17) is 4.74 Å². The number of ether oxygens (including phenoxy) is 1. The molecule has 2 N–H and O–H groups in total. The second-order valence-corrected chi connectivity index (χ2v) is 7.29. The maximum Gasteiger partial charge on any atom is 0.253 e. The van der Waals surface area contributed by atoms with Crippen molar-refractivity contribution in [3.63, 3.8) is 0 Å². The maximum absolute atomic E-state index is 12.6. The van der Waals surface area contributed by atoms with Crippen molar-refractivity contribution in [3.8, 4) is 0 Å². The number of aryl methyl sites for hydroxylation is 1. The third-order valence-electron chi connectivity index (χ3n) is 5.53. The zero-order valence-corrected chi connectivity index (χ0v) is 14.1. The van der Waals surface area contributed by atoms with Crippen LogP contribution in [0.2, 0.25) is 0 Å². The Labute approximate surface area is 141 Å². The van der Waals surface area contributed by atoms with Crippen LogP contribution in [0.1, 0.15) is 42.2 Å². The molecule has 130 valence electrons. The average Bonchev–Trinajstić information content (AvgIpc) is 3.34. The van der Waals surface area contributed by atoms with Crippen molar-refractivity contribution in [2.75, 3.05) is 19.7 Å². The van der Waals surface area contributed by atoms with E-state index in [-0.39, 0.29) is 17.5 Å². The molecule has 2 saturated heterocycles. The van der Waals surface area contributed by atoms with Crippen molar-refractivity contribution in [1.29, 1.82) is 0 Å². The third kappa shape index (κ3) is 3.13. The first kappa shape index (κ1) is 15.8. The highest BCUT2D eigenvalue weighted by atomic mass is 16.5. The maximum atomic E-state index is 12.6. The normalized spacial score (nSPS) is 30.1. The molecule has 6 heteroatoms. The number of hydrogen-bond acceptors (Lipinski definition) is 4. The predicted molar refractivity (Wildman–Crippen MR) is 90.1 cm³/mol. The Kier molecular flexibility index (Phi) is 4.18. The first-order chi connectivity index (χ1) is 11.6. The largest absolute Gasteiger partial charge is 0.375 e. The van der Waals surface area contributed by atoms with Crippen molar-refractivity contribution in [1.82, 2.24) is 15.2 Å². The van der Waals surface area contributed by atoms with E-state index in [0.29, 0.717) is 29.8 Å². The van der Waals surface area contributed by atoms with Crippen molar-refractivity contribution in [3.05, 3.63) is 33.7 Å². The van der Waals surface area contributed by atoms with Gasteiger partial charge in [0.05, 0.1) is 18.3 Å². The van der Waals surface area contributed by atoms with Crippen LogP contribution in [-0.2, 0) is 11.2 Å². The monoisotopic (exact) mass is 331 g/mol. The molecule has 3 fully saturated rings. The minimum absolute atomic E-state index is 0.0902. The highest BCUT2D eigenvalue weighted by Crippen LogP contribution is 2.37. The molecule has 1 aromatic rings. The number of aromatic amines is 1. The van der Waals surface area contributed by atoms with E-state index in [2.05, 4.69) is 15.2 Å². The van der Waals surface area contributed by atoms with Crippen LogP contribution >= 0.6 is 0 Å². The molecular weight excluding hydrogens is 306 g/mol. The lowest BCUT2D eigenvalue weighted by Gasteiger charge is -2.35. The van der Waals surface area contributed by atoms with Crippen LogP contribution in [0.25, 0.3) is 0 Å². The SMILES string of the molecule is CCc1[nH]c(=O)ccc1C(=O)N[C@@H]1C[C@H]2CO[C@@H](C3CC3)CN2C1. The molecule has 6 nitrogen and oxygen atoms in total. The fourth-order valence-corrected chi connectivity index (χ4v) is 4.03. The molecule has 0 aromatic carbocycles. The molecule has 24 heavy (non-hydrogen) atoms. The lowest BCUT2D eigenvalue weighted by molar-refractivity contribution is -0.0581. The van der Waals surface area contributed by atoms with Crippen LogP contribution in [0, 0.1) is 5.92 Å². The summed E-state index contributed by atoms with van der Waals surface area (Å²) in [6, 6.07) is 3.62. The molecule has 4 rings (SSSR count). The minimum Gasteiger partial charge on any atom is -0.375 e. The number of hydrogen-bond donors (Lipinski definition) is 2. The molecule has 0 radical (unpaired) electrons. The summed E-state index contributed by atoms with van der Waals surface area (Å²) in [7, 11) is 0. The summed E-state index contributed by atoms with van der Waals surface area (Å²) in [6.45, 7) is 4.62. The number of nitrogens with one attached hydrogen (secondary N) is 2. The Morgan fingerprint density at radius 2 is 2.21 bits per heavy atom. The summed E-state index contributed by atoms with van der Waals surface area (Å²) >= 11 is 0. The number of fused-ring (bicyclic) bond motifs is 1. The molecule has 0 bridgehead atoms. The lowest BCUT2D eigenvalue weighted by Crippen LogP contribution is -2.47. The van der Waals surface area contributed by atoms with E-state index in [1.165, 1.54) is 18.9 Å². The predicted octanol–water partition coefficient (Wildman–Crippen LogP) is 0.919. The number of nitrogens with zero attached hydrogens (tertiary/aromatic N) is 1. The van der Waals surface area contributed by atoms with Gasteiger partial charge in [-0.2, -0.15) is 0 Å². The number of morpholine rings is 1. The number of carbonyl (C=O) groups excluding carboxylic acids is 1. The van der Waals surface area contributed by atoms with Gasteiger partial charge in [-0.25, -0.2) is 0 Å². The summed E-state index contributed by atoms with van der Waals surface area (Å²) in [6.07, 6.45) is 4.56. The van der Waals surface area contributed by atoms with E-state index in [1.807, 2.05) is 6.92 Å². The molecule has 1 amide bonds. The Hall–Kier alpha value is -1.66. The quantitative estimate of drug-likeness (QED) is 0.860. The molecule has 2 aliphatic heterocycles. The van der Waals surface area contributed by atoms with Gasteiger partial charge in [0.25, 0.3) is 5.91 Å². The van der Waals surface area contributed by atoms with Crippen LogP contribution in [0.3, 0.4) is 0 Å². The van der Waals surface area contributed by atoms with E-state index < -0.39 is 0 Å². The smallest absolute Gasteiger partial charge is 0.253 e. The number of aromatic nitrogens is 1. The van der Waals surface area contributed by atoms with Gasteiger partial charge >= 0.3 is 0 Å². The third-order valence-corrected chi connectivity index (χ3v) is 5.53. The molecule has 0 spiro atoms. The van der Waals surface area contributed by atoms with E-state index in [0.717, 1.165) is 32.0 Å². The molecule has 1 saturated carbocycles. The second kappa shape index (κ2) is 6.33. The van der Waals surface area contributed by atoms with Crippen LogP contribution in [-0.4, -0.2) is 53.7 Å². The van der Waals surface area contributed by atoms with Gasteiger partial charge in [0.1, 0.15) is 0 Å². The van der Waals surface area contributed by atoms with Crippen molar-refractivity contribution in [2.24, 2.45) is 5.92 Å². The average molecular weight is 331 g/mol. The first-order valence-electron chi connectivity index (χ1n) is 9.02. The number of carbonyl (C=O) groups is 1. The Bertz CT molecular complexity index is 682.